The molecule has 1 unspecified atom stereocenters. The normalized spacial score (nSPS) is 16.0. The van der Waals surface area contributed by atoms with Crippen molar-refractivity contribution in [3.63, 3.8) is 0 Å². The molecule has 0 amide bonds. The van der Waals surface area contributed by atoms with Crippen LogP contribution >= 0.6 is 0 Å². The smallest absolute Gasteiger partial charge is 0.0602 e. The van der Waals surface area contributed by atoms with Crippen molar-refractivity contribution in [2.75, 3.05) is 29.9 Å². The lowest BCUT2D eigenvalue weighted by molar-refractivity contribution is 0.446. The van der Waals surface area contributed by atoms with Gasteiger partial charge in [-0.15, -0.1) is 0 Å². The number of nitrogens with zero attached hydrogens (tertiary/aromatic N) is 1. The molecule has 0 saturated heterocycles. The maximum Gasteiger partial charge on any atom is 0.0602 e. The fourth-order valence-electron chi connectivity index (χ4n) is 2.76. The van der Waals surface area contributed by atoms with Crippen LogP contribution in [0.4, 0.5) is 11.4 Å². The van der Waals surface area contributed by atoms with E-state index in [0.717, 1.165) is 19.0 Å². The lowest BCUT2D eigenvalue weighted by Gasteiger charge is -2.34. The predicted molar refractivity (Wildman–Crippen MR) is 80.5 cm³/mol. The summed E-state index contributed by atoms with van der Waals surface area (Å²) >= 11 is 0. The first-order valence-corrected chi connectivity index (χ1v) is 7.43. The second kappa shape index (κ2) is 6.67. The Kier molecular flexibility index (Phi) is 4.91. The first-order chi connectivity index (χ1) is 8.85. The minimum atomic E-state index is 0.844. The first-order valence-electron chi connectivity index (χ1n) is 7.43. The van der Waals surface area contributed by atoms with Gasteiger partial charge in [0.15, 0.2) is 0 Å². The summed E-state index contributed by atoms with van der Waals surface area (Å²) < 4.78 is 0. The Hall–Kier alpha value is -1.18. The van der Waals surface area contributed by atoms with Crippen LogP contribution in [0, 0.1) is 5.92 Å². The molecule has 2 nitrogen and oxygen atoms in total. The quantitative estimate of drug-likeness (QED) is 0.811. The highest BCUT2D eigenvalue weighted by Crippen LogP contribution is 2.29. The van der Waals surface area contributed by atoms with Gasteiger partial charge in [0.1, 0.15) is 0 Å². The predicted octanol–water partition coefficient (Wildman–Crippen LogP) is 4.13. The van der Waals surface area contributed by atoms with Gasteiger partial charge in [0, 0.05) is 19.6 Å². The van der Waals surface area contributed by atoms with Crippen LogP contribution < -0.4 is 10.2 Å². The van der Waals surface area contributed by atoms with Crippen molar-refractivity contribution in [1.82, 2.24) is 0 Å². The molecule has 1 aromatic carbocycles. The maximum atomic E-state index is 3.49. The molecule has 0 aliphatic carbocycles. The van der Waals surface area contributed by atoms with Gasteiger partial charge < -0.3 is 10.2 Å². The van der Waals surface area contributed by atoms with E-state index in [9.17, 15) is 0 Å². The Morgan fingerprint density at radius 2 is 2.11 bits per heavy atom. The number of nitrogens with one attached hydrogen (secondary N) is 1. The Bertz CT molecular complexity index is 362. The molecular formula is C16H26N2. The van der Waals surface area contributed by atoms with Gasteiger partial charge in [-0.05, 0) is 24.5 Å². The van der Waals surface area contributed by atoms with E-state index in [2.05, 4.69) is 48.3 Å². The lowest BCUT2D eigenvalue weighted by atomic mass is 9.98. The molecule has 0 radical (unpaired) electrons. The third kappa shape index (κ3) is 3.18. The van der Waals surface area contributed by atoms with Crippen molar-refractivity contribution < 1.29 is 0 Å². The summed E-state index contributed by atoms with van der Waals surface area (Å²) in [6.07, 6.45) is 5.35. The largest absolute Gasteiger partial charge is 0.382 e. The summed E-state index contributed by atoms with van der Waals surface area (Å²) in [5.74, 6) is 0.844. The molecule has 1 heterocycles. The zero-order valence-electron chi connectivity index (χ0n) is 11.8. The molecule has 2 heteroatoms. The van der Waals surface area contributed by atoms with Crippen molar-refractivity contribution >= 4 is 11.4 Å². The van der Waals surface area contributed by atoms with Crippen molar-refractivity contribution in [3.8, 4) is 0 Å². The van der Waals surface area contributed by atoms with E-state index in [0.29, 0.717) is 0 Å². The van der Waals surface area contributed by atoms with Crippen molar-refractivity contribution in [2.45, 2.75) is 39.5 Å². The molecule has 0 aromatic heterocycles. The summed E-state index contributed by atoms with van der Waals surface area (Å²) in [6, 6.07) is 8.69. The second-order valence-corrected chi connectivity index (χ2v) is 5.31. The zero-order chi connectivity index (χ0) is 12.8. The van der Waals surface area contributed by atoms with E-state index >= 15 is 0 Å². The second-order valence-electron chi connectivity index (χ2n) is 5.31. The molecule has 1 atom stereocenters. The molecule has 18 heavy (non-hydrogen) atoms. The van der Waals surface area contributed by atoms with E-state index in [1.165, 1.54) is 43.6 Å². The fourth-order valence-corrected chi connectivity index (χ4v) is 2.76. The number of hydrogen-bond donors (Lipinski definition) is 1. The van der Waals surface area contributed by atoms with Gasteiger partial charge in [-0.3, -0.25) is 0 Å². The zero-order valence-corrected chi connectivity index (χ0v) is 11.8. The first kappa shape index (κ1) is 13.3. The highest BCUT2D eigenvalue weighted by atomic mass is 15.2. The highest BCUT2D eigenvalue weighted by molar-refractivity contribution is 5.71. The van der Waals surface area contributed by atoms with E-state index in [-0.39, 0.29) is 0 Å². The third-order valence-corrected chi connectivity index (χ3v) is 3.96. The van der Waals surface area contributed by atoms with Crippen LogP contribution in [-0.4, -0.2) is 19.6 Å². The van der Waals surface area contributed by atoms with Crippen LogP contribution in [0.15, 0.2) is 24.3 Å². The van der Waals surface area contributed by atoms with Gasteiger partial charge in [0.25, 0.3) is 0 Å². The minimum Gasteiger partial charge on any atom is -0.382 e. The summed E-state index contributed by atoms with van der Waals surface area (Å²) in [4.78, 5) is 2.57. The Labute approximate surface area is 111 Å². The number of unbranched alkanes of at least 4 members (excludes halogenated alkanes) is 1. The van der Waals surface area contributed by atoms with E-state index < -0.39 is 0 Å². The van der Waals surface area contributed by atoms with E-state index in [1.54, 1.807) is 0 Å². The SMILES string of the molecule is CCCCC(CC)CN1CCNc2ccccc21. The van der Waals surface area contributed by atoms with Crippen LogP contribution in [0.25, 0.3) is 0 Å². The average molecular weight is 246 g/mol. The standard InChI is InChI=1S/C16H26N2/c1-3-5-8-14(4-2)13-18-12-11-17-15-9-6-7-10-16(15)18/h6-7,9-10,14,17H,3-5,8,11-13H2,1-2H3. The van der Waals surface area contributed by atoms with Crippen LogP contribution in [0.2, 0.25) is 0 Å². The van der Waals surface area contributed by atoms with Crippen LogP contribution in [-0.2, 0) is 0 Å². The monoisotopic (exact) mass is 246 g/mol. The van der Waals surface area contributed by atoms with Crippen LogP contribution in [0.3, 0.4) is 0 Å². The van der Waals surface area contributed by atoms with Crippen LogP contribution in [0.5, 0.6) is 0 Å². The van der Waals surface area contributed by atoms with E-state index in [4.69, 9.17) is 0 Å². The molecule has 0 spiro atoms. The number of para-hydroxylation sites is 2. The molecule has 0 bridgehead atoms. The van der Waals surface area contributed by atoms with Crippen molar-refractivity contribution in [2.24, 2.45) is 5.92 Å². The molecule has 0 saturated carbocycles. The van der Waals surface area contributed by atoms with Gasteiger partial charge in [0.2, 0.25) is 0 Å². The van der Waals surface area contributed by atoms with Crippen LogP contribution in [0.1, 0.15) is 39.5 Å². The molecule has 1 aliphatic rings. The fraction of sp³-hybridized carbons (Fsp3) is 0.625. The third-order valence-electron chi connectivity index (χ3n) is 3.96. The number of rotatable bonds is 6. The van der Waals surface area contributed by atoms with Gasteiger partial charge in [0.05, 0.1) is 11.4 Å². The summed E-state index contributed by atoms with van der Waals surface area (Å²) in [7, 11) is 0. The van der Waals surface area contributed by atoms with Crippen molar-refractivity contribution in [3.05, 3.63) is 24.3 Å². The average Bonchev–Trinajstić information content (AvgIpc) is 2.43. The van der Waals surface area contributed by atoms with Gasteiger partial charge in [-0.1, -0.05) is 45.2 Å². The number of fused-ring (bicyclic) bond motifs is 1. The van der Waals surface area contributed by atoms with Gasteiger partial charge in [-0.2, -0.15) is 0 Å². The molecular weight excluding hydrogens is 220 g/mol. The Morgan fingerprint density at radius 1 is 1.28 bits per heavy atom. The Morgan fingerprint density at radius 3 is 2.89 bits per heavy atom. The molecule has 100 valence electrons. The summed E-state index contributed by atoms with van der Waals surface area (Å²) in [5.41, 5.74) is 2.69. The van der Waals surface area contributed by atoms with E-state index in [1.807, 2.05) is 0 Å². The Balaban J connectivity index is 2.01. The maximum absolute atomic E-state index is 3.49. The van der Waals surface area contributed by atoms with Gasteiger partial charge >= 0.3 is 0 Å². The lowest BCUT2D eigenvalue weighted by Crippen LogP contribution is -2.37. The van der Waals surface area contributed by atoms with Gasteiger partial charge in [-0.25, -0.2) is 0 Å². The highest BCUT2D eigenvalue weighted by Gasteiger charge is 2.18. The summed E-state index contributed by atoms with van der Waals surface area (Å²) in [5, 5.41) is 3.49. The number of benzene rings is 1. The minimum absolute atomic E-state index is 0.844. The molecule has 0 fully saturated rings. The molecule has 2 rings (SSSR count). The summed E-state index contributed by atoms with van der Waals surface area (Å²) in [6.45, 7) is 8.04. The number of anilines is 2. The topological polar surface area (TPSA) is 15.3 Å². The molecule has 1 aromatic rings. The number of hydrogen-bond acceptors (Lipinski definition) is 2. The van der Waals surface area contributed by atoms with Crippen molar-refractivity contribution in [1.29, 1.82) is 0 Å². The molecule has 1 N–H and O–H groups in total. The molecule has 1 aliphatic heterocycles.